The van der Waals surface area contributed by atoms with Crippen LogP contribution in [0.1, 0.15) is 31.7 Å². The van der Waals surface area contributed by atoms with Crippen LogP contribution in [0, 0.1) is 5.92 Å². The Morgan fingerprint density at radius 1 is 1.35 bits per heavy atom. The highest BCUT2D eigenvalue weighted by molar-refractivity contribution is 6.30. The number of benzene rings is 1. The summed E-state index contributed by atoms with van der Waals surface area (Å²) < 4.78 is 0. The van der Waals surface area contributed by atoms with Crippen LogP contribution in [0.15, 0.2) is 18.2 Å². The summed E-state index contributed by atoms with van der Waals surface area (Å²) in [5.74, 6) is 0.864. The van der Waals surface area contributed by atoms with Gasteiger partial charge in [-0.15, -0.1) is 0 Å². The van der Waals surface area contributed by atoms with E-state index in [1.54, 1.807) is 0 Å². The van der Waals surface area contributed by atoms with Crippen molar-refractivity contribution in [3.05, 3.63) is 28.8 Å². The molecule has 0 aromatic heterocycles. The SMILES string of the molecule is CCC1CCN(c2cc(Cl)ccc2CO)CC1. The highest BCUT2D eigenvalue weighted by Gasteiger charge is 2.19. The number of anilines is 1. The van der Waals surface area contributed by atoms with Gasteiger partial charge in [0.1, 0.15) is 0 Å². The number of halogens is 1. The maximum Gasteiger partial charge on any atom is 0.0702 e. The van der Waals surface area contributed by atoms with Crippen molar-refractivity contribution in [1.82, 2.24) is 0 Å². The molecule has 0 saturated carbocycles. The van der Waals surface area contributed by atoms with Crippen LogP contribution in [0.5, 0.6) is 0 Å². The summed E-state index contributed by atoms with van der Waals surface area (Å²) >= 11 is 6.04. The first-order valence-corrected chi connectivity index (χ1v) is 6.76. The lowest BCUT2D eigenvalue weighted by molar-refractivity contribution is 0.281. The number of hydrogen-bond acceptors (Lipinski definition) is 2. The van der Waals surface area contributed by atoms with E-state index in [1.807, 2.05) is 18.2 Å². The van der Waals surface area contributed by atoms with Crippen molar-refractivity contribution in [1.29, 1.82) is 0 Å². The molecule has 17 heavy (non-hydrogen) atoms. The van der Waals surface area contributed by atoms with Crippen LogP contribution in [0.25, 0.3) is 0 Å². The molecule has 1 N–H and O–H groups in total. The molecule has 94 valence electrons. The van der Waals surface area contributed by atoms with Crippen LogP contribution in [-0.4, -0.2) is 18.2 Å². The Balaban J connectivity index is 2.14. The predicted molar refractivity (Wildman–Crippen MR) is 72.6 cm³/mol. The third kappa shape index (κ3) is 2.93. The van der Waals surface area contributed by atoms with Crippen molar-refractivity contribution in [2.45, 2.75) is 32.8 Å². The molecule has 0 aliphatic carbocycles. The molecule has 0 radical (unpaired) electrons. The number of aliphatic hydroxyl groups excluding tert-OH is 1. The monoisotopic (exact) mass is 253 g/mol. The van der Waals surface area contributed by atoms with E-state index in [0.717, 1.165) is 35.3 Å². The molecule has 1 heterocycles. The van der Waals surface area contributed by atoms with Crippen molar-refractivity contribution >= 4 is 17.3 Å². The largest absolute Gasteiger partial charge is 0.392 e. The molecule has 1 aromatic rings. The average Bonchev–Trinajstić information content (AvgIpc) is 2.39. The maximum atomic E-state index is 9.37. The number of piperidine rings is 1. The van der Waals surface area contributed by atoms with Crippen molar-refractivity contribution in [2.75, 3.05) is 18.0 Å². The summed E-state index contributed by atoms with van der Waals surface area (Å²) in [4.78, 5) is 2.35. The average molecular weight is 254 g/mol. The smallest absolute Gasteiger partial charge is 0.0702 e. The fourth-order valence-electron chi connectivity index (χ4n) is 2.55. The highest BCUT2D eigenvalue weighted by Crippen LogP contribution is 2.29. The number of nitrogens with zero attached hydrogens (tertiary/aromatic N) is 1. The lowest BCUT2D eigenvalue weighted by Crippen LogP contribution is -2.34. The van der Waals surface area contributed by atoms with Crippen LogP contribution in [0.2, 0.25) is 5.02 Å². The van der Waals surface area contributed by atoms with E-state index in [4.69, 9.17) is 11.6 Å². The zero-order chi connectivity index (χ0) is 12.3. The van der Waals surface area contributed by atoms with Crippen molar-refractivity contribution in [2.24, 2.45) is 5.92 Å². The Hall–Kier alpha value is -0.730. The minimum atomic E-state index is 0.0835. The lowest BCUT2D eigenvalue weighted by atomic mass is 9.94. The van der Waals surface area contributed by atoms with Crippen LogP contribution < -0.4 is 4.90 Å². The minimum Gasteiger partial charge on any atom is -0.392 e. The van der Waals surface area contributed by atoms with Gasteiger partial charge in [-0.25, -0.2) is 0 Å². The van der Waals surface area contributed by atoms with Crippen molar-refractivity contribution in [3.63, 3.8) is 0 Å². The van der Waals surface area contributed by atoms with Gasteiger partial charge < -0.3 is 10.0 Å². The van der Waals surface area contributed by atoms with E-state index < -0.39 is 0 Å². The number of hydrogen-bond donors (Lipinski definition) is 1. The first-order chi connectivity index (χ1) is 8.24. The predicted octanol–water partition coefficient (Wildman–Crippen LogP) is 3.46. The van der Waals surface area contributed by atoms with Gasteiger partial charge in [-0.05, 0) is 30.9 Å². The molecular weight excluding hydrogens is 234 g/mol. The standard InChI is InChI=1S/C14H20ClNO/c1-2-11-5-7-16(8-6-11)14-9-13(15)4-3-12(14)10-17/h3-4,9,11,17H,2,5-8,10H2,1H3. The molecule has 2 rings (SSSR count). The Morgan fingerprint density at radius 3 is 2.65 bits per heavy atom. The summed E-state index contributed by atoms with van der Waals surface area (Å²) in [6, 6.07) is 5.73. The number of rotatable bonds is 3. The van der Waals surface area contributed by atoms with Gasteiger partial charge in [-0.2, -0.15) is 0 Å². The number of aliphatic hydroxyl groups is 1. The molecule has 0 spiro atoms. The maximum absolute atomic E-state index is 9.37. The van der Waals surface area contributed by atoms with Crippen LogP contribution in [-0.2, 0) is 6.61 Å². The van der Waals surface area contributed by atoms with Gasteiger partial charge in [0.25, 0.3) is 0 Å². The Bertz CT molecular complexity index is 372. The molecule has 0 bridgehead atoms. The van der Waals surface area contributed by atoms with Gasteiger partial charge in [0.2, 0.25) is 0 Å². The third-order valence-corrected chi connectivity index (χ3v) is 3.99. The quantitative estimate of drug-likeness (QED) is 0.892. The van der Waals surface area contributed by atoms with Crippen LogP contribution in [0.3, 0.4) is 0 Å². The van der Waals surface area contributed by atoms with Crippen LogP contribution in [0.4, 0.5) is 5.69 Å². The van der Waals surface area contributed by atoms with E-state index >= 15 is 0 Å². The summed E-state index contributed by atoms with van der Waals surface area (Å²) in [5, 5.41) is 10.1. The second-order valence-electron chi connectivity index (χ2n) is 4.77. The van der Waals surface area contributed by atoms with Gasteiger partial charge >= 0.3 is 0 Å². The molecule has 1 aliphatic rings. The minimum absolute atomic E-state index is 0.0835. The van der Waals surface area contributed by atoms with Gasteiger partial charge in [0.05, 0.1) is 6.61 Å². The van der Waals surface area contributed by atoms with Crippen molar-refractivity contribution < 1.29 is 5.11 Å². The first kappa shape index (κ1) is 12.7. The molecular formula is C14H20ClNO. The zero-order valence-corrected chi connectivity index (χ0v) is 11.1. The Labute approximate surface area is 108 Å². The Morgan fingerprint density at radius 2 is 2.06 bits per heavy atom. The van der Waals surface area contributed by atoms with E-state index in [0.29, 0.717) is 0 Å². The van der Waals surface area contributed by atoms with E-state index in [1.165, 1.54) is 19.3 Å². The van der Waals surface area contributed by atoms with Crippen LogP contribution >= 0.6 is 11.6 Å². The topological polar surface area (TPSA) is 23.5 Å². The molecule has 3 heteroatoms. The molecule has 0 atom stereocenters. The second-order valence-corrected chi connectivity index (χ2v) is 5.21. The summed E-state index contributed by atoms with van der Waals surface area (Å²) in [7, 11) is 0. The molecule has 1 aromatic carbocycles. The third-order valence-electron chi connectivity index (χ3n) is 3.75. The second kappa shape index (κ2) is 5.74. The fraction of sp³-hybridized carbons (Fsp3) is 0.571. The summed E-state index contributed by atoms with van der Waals surface area (Å²) in [6.07, 6.45) is 3.76. The summed E-state index contributed by atoms with van der Waals surface area (Å²) in [6.45, 7) is 4.50. The van der Waals surface area contributed by atoms with E-state index in [-0.39, 0.29) is 6.61 Å². The molecule has 1 fully saturated rings. The van der Waals surface area contributed by atoms with Gasteiger partial charge in [-0.3, -0.25) is 0 Å². The summed E-state index contributed by atoms with van der Waals surface area (Å²) in [5.41, 5.74) is 2.08. The van der Waals surface area contributed by atoms with Gasteiger partial charge in [0, 0.05) is 29.4 Å². The van der Waals surface area contributed by atoms with Crippen molar-refractivity contribution in [3.8, 4) is 0 Å². The zero-order valence-electron chi connectivity index (χ0n) is 10.3. The van der Waals surface area contributed by atoms with E-state index in [2.05, 4.69) is 11.8 Å². The lowest BCUT2D eigenvalue weighted by Gasteiger charge is -2.34. The molecule has 1 aliphatic heterocycles. The first-order valence-electron chi connectivity index (χ1n) is 6.38. The van der Waals surface area contributed by atoms with Gasteiger partial charge in [0.15, 0.2) is 0 Å². The van der Waals surface area contributed by atoms with Gasteiger partial charge in [-0.1, -0.05) is 31.0 Å². The Kier molecular flexibility index (Phi) is 4.30. The fourth-order valence-corrected chi connectivity index (χ4v) is 2.71. The normalized spacial score (nSPS) is 17.5. The molecule has 0 amide bonds. The highest BCUT2D eigenvalue weighted by atomic mass is 35.5. The molecule has 2 nitrogen and oxygen atoms in total. The van der Waals surface area contributed by atoms with E-state index in [9.17, 15) is 5.11 Å². The molecule has 1 saturated heterocycles. The molecule has 0 unspecified atom stereocenters.